The third kappa shape index (κ3) is 4.00. The third-order valence-corrected chi connectivity index (χ3v) is 6.90. The van der Waals surface area contributed by atoms with Gasteiger partial charge in [-0.1, -0.05) is 127 Å². The van der Waals surface area contributed by atoms with Crippen molar-refractivity contribution in [1.82, 2.24) is 15.0 Å². The van der Waals surface area contributed by atoms with Crippen LogP contribution in [-0.2, 0) is 0 Å². The molecule has 0 radical (unpaired) electrons. The Bertz CT molecular complexity index is 1910. The van der Waals surface area contributed by atoms with Crippen LogP contribution < -0.4 is 0 Å². The van der Waals surface area contributed by atoms with E-state index in [2.05, 4.69) is 103 Å². The summed E-state index contributed by atoms with van der Waals surface area (Å²) >= 11 is 0. The fourth-order valence-electron chi connectivity index (χ4n) is 5.05. The topological polar surface area (TPSA) is 38.7 Å². The lowest BCUT2D eigenvalue weighted by Crippen LogP contribution is -2.01. The summed E-state index contributed by atoms with van der Waals surface area (Å²) in [5.74, 6) is 1.98. The molecule has 0 aliphatic carbocycles. The molecular formula is C35H23N3. The van der Waals surface area contributed by atoms with Crippen molar-refractivity contribution in [2.45, 2.75) is 0 Å². The van der Waals surface area contributed by atoms with Gasteiger partial charge in [0.1, 0.15) is 0 Å². The zero-order chi connectivity index (χ0) is 25.3. The maximum absolute atomic E-state index is 5.07. The smallest absolute Gasteiger partial charge is 0.164 e. The molecule has 0 N–H and O–H groups in total. The molecule has 0 aliphatic heterocycles. The average Bonchev–Trinajstić information content (AvgIpc) is 3.01. The second-order valence-corrected chi connectivity index (χ2v) is 9.31. The normalized spacial score (nSPS) is 11.2. The average molecular weight is 486 g/mol. The molecule has 178 valence electrons. The van der Waals surface area contributed by atoms with Crippen molar-refractivity contribution >= 4 is 21.5 Å². The Hall–Kier alpha value is -5.15. The molecule has 0 saturated carbocycles. The number of aromatic nitrogens is 3. The van der Waals surface area contributed by atoms with Crippen LogP contribution in [0.3, 0.4) is 0 Å². The Morgan fingerprint density at radius 1 is 0.316 bits per heavy atom. The molecule has 0 saturated heterocycles. The molecule has 0 amide bonds. The highest BCUT2D eigenvalue weighted by atomic mass is 15.0. The minimum Gasteiger partial charge on any atom is -0.208 e. The molecule has 7 rings (SSSR count). The van der Waals surface area contributed by atoms with E-state index in [0.29, 0.717) is 17.5 Å². The molecule has 7 aromatic rings. The van der Waals surface area contributed by atoms with Crippen molar-refractivity contribution < 1.29 is 0 Å². The zero-order valence-corrected chi connectivity index (χ0v) is 20.6. The van der Waals surface area contributed by atoms with Crippen molar-refractivity contribution in [2.24, 2.45) is 0 Å². The summed E-state index contributed by atoms with van der Waals surface area (Å²) in [6.45, 7) is 0. The van der Waals surface area contributed by atoms with E-state index in [1.807, 2.05) is 36.4 Å². The van der Waals surface area contributed by atoms with Gasteiger partial charge in [0.05, 0.1) is 0 Å². The fraction of sp³-hybridized carbons (Fsp3) is 0. The number of rotatable bonds is 4. The summed E-state index contributed by atoms with van der Waals surface area (Å²) < 4.78 is 0. The molecule has 0 atom stereocenters. The predicted molar refractivity (Wildman–Crippen MR) is 157 cm³/mol. The van der Waals surface area contributed by atoms with Gasteiger partial charge in [-0.05, 0) is 44.8 Å². The molecule has 0 unspecified atom stereocenters. The molecule has 1 heterocycles. The van der Waals surface area contributed by atoms with E-state index in [-0.39, 0.29) is 0 Å². The maximum atomic E-state index is 5.07. The van der Waals surface area contributed by atoms with Crippen LogP contribution in [0.4, 0.5) is 0 Å². The first kappa shape index (κ1) is 22.1. The fourth-order valence-corrected chi connectivity index (χ4v) is 5.05. The molecule has 0 bridgehead atoms. The Morgan fingerprint density at radius 3 is 1.61 bits per heavy atom. The lowest BCUT2D eigenvalue weighted by molar-refractivity contribution is 1.08. The van der Waals surface area contributed by atoms with Gasteiger partial charge >= 0.3 is 0 Å². The highest BCUT2D eigenvalue weighted by Crippen LogP contribution is 2.35. The predicted octanol–water partition coefficient (Wildman–Crippen LogP) is 8.85. The first-order valence-corrected chi connectivity index (χ1v) is 12.7. The minimum absolute atomic E-state index is 0.656. The quantitative estimate of drug-likeness (QED) is 0.234. The number of fused-ring (bicyclic) bond motifs is 3. The van der Waals surface area contributed by atoms with Crippen LogP contribution in [0.15, 0.2) is 140 Å². The lowest BCUT2D eigenvalue weighted by Gasteiger charge is -2.13. The maximum Gasteiger partial charge on any atom is 0.164 e. The van der Waals surface area contributed by atoms with Gasteiger partial charge in [-0.3, -0.25) is 0 Å². The van der Waals surface area contributed by atoms with Crippen molar-refractivity contribution in [3.63, 3.8) is 0 Å². The molecule has 3 nitrogen and oxygen atoms in total. The van der Waals surface area contributed by atoms with Crippen LogP contribution >= 0.6 is 0 Å². The van der Waals surface area contributed by atoms with Crippen LogP contribution in [0.1, 0.15) is 0 Å². The van der Waals surface area contributed by atoms with Gasteiger partial charge in [-0.2, -0.15) is 0 Å². The van der Waals surface area contributed by atoms with E-state index in [9.17, 15) is 0 Å². The van der Waals surface area contributed by atoms with Gasteiger partial charge in [-0.15, -0.1) is 0 Å². The van der Waals surface area contributed by atoms with E-state index >= 15 is 0 Å². The van der Waals surface area contributed by atoms with Crippen LogP contribution in [0.5, 0.6) is 0 Å². The summed E-state index contributed by atoms with van der Waals surface area (Å²) in [5, 5.41) is 4.70. The van der Waals surface area contributed by atoms with Gasteiger partial charge in [0, 0.05) is 16.7 Å². The van der Waals surface area contributed by atoms with Gasteiger partial charge in [0.25, 0.3) is 0 Å². The van der Waals surface area contributed by atoms with Gasteiger partial charge in [0.15, 0.2) is 17.5 Å². The molecular weight excluding hydrogens is 462 g/mol. The SMILES string of the molecule is c1ccc(-c2cccc(-c3nc(-c4ccccc4)nc(-c4cc5ccccc5c5ccccc45)n3)c2)cc1. The first-order valence-electron chi connectivity index (χ1n) is 12.7. The van der Waals surface area contributed by atoms with Crippen molar-refractivity contribution in [3.05, 3.63) is 140 Å². The van der Waals surface area contributed by atoms with Gasteiger partial charge < -0.3 is 0 Å². The highest BCUT2D eigenvalue weighted by Gasteiger charge is 2.16. The van der Waals surface area contributed by atoms with Gasteiger partial charge in [-0.25, -0.2) is 15.0 Å². The first-order chi connectivity index (χ1) is 18.8. The zero-order valence-electron chi connectivity index (χ0n) is 20.6. The Labute approximate surface area is 221 Å². The number of hydrogen-bond acceptors (Lipinski definition) is 3. The van der Waals surface area contributed by atoms with Crippen LogP contribution in [0.2, 0.25) is 0 Å². The molecule has 38 heavy (non-hydrogen) atoms. The summed E-state index contributed by atoms with van der Waals surface area (Å²) in [6, 6.07) is 48.1. The lowest BCUT2D eigenvalue weighted by atomic mass is 9.97. The Balaban J connectivity index is 1.48. The molecule has 0 fully saturated rings. The van der Waals surface area contributed by atoms with Crippen LogP contribution in [0.25, 0.3) is 66.8 Å². The summed E-state index contributed by atoms with van der Waals surface area (Å²) in [6.07, 6.45) is 0. The van der Waals surface area contributed by atoms with Crippen LogP contribution in [-0.4, -0.2) is 15.0 Å². The molecule has 3 heteroatoms. The highest BCUT2D eigenvalue weighted by molar-refractivity contribution is 6.13. The third-order valence-electron chi connectivity index (χ3n) is 6.90. The summed E-state index contributed by atoms with van der Waals surface area (Å²) in [7, 11) is 0. The minimum atomic E-state index is 0.656. The molecule has 0 aliphatic rings. The standard InChI is InChI=1S/C35H23N3/c1-3-12-24(13-4-1)26-17-11-18-28(22-26)34-36-33(25-14-5-2-6-15-25)37-35(38-34)32-23-27-16-7-8-19-29(27)30-20-9-10-21-31(30)32/h1-23H. The molecule has 1 aromatic heterocycles. The van der Waals surface area contributed by atoms with E-state index in [1.54, 1.807) is 0 Å². The van der Waals surface area contributed by atoms with Crippen molar-refractivity contribution in [1.29, 1.82) is 0 Å². The monoisotopic (exact) mass is 485 g/mol. The Morgan fingerprint density at radius 2 is 0.842 bits per heavy atom. The van der Waals surface area contributed by atoms with E-state index in [1.165, 1.54) is 10.8 Å². The Kier molecular flexibility index (Phi) is 5.45. The van der Waals surface area contributed by atoms with E-state index in [4.69, 9.17) is 15.0 Å². The molecule has 6 aromatic carbocycles. The number of benzene rings is 6. The second kappa shape index (κ2) is 9.38. The molecule has 0 spiro atoms. The van der Waals surface area contributed by atoms with E-state index in [0.717, 1.165) is 38.6 Å². The van der Waals surface area contributed by atoms with Crippen molar-refractivity contribution in [2.75, 3.05) is 0 Å². The van der Waals surface area contributed by atoms with Crippen LogP contribution in [0, 0.1) is 0 Å². The largest absolute Gasteiger partial charge is 0.208 e. The second-order valence-electron chi connectivity index (χ2n) is 9.31. The summed E-state index contributed by atoms with van der Waals surface area (Å²) in [4.78, 5) is 15.0. The van der Waals surface area contributed by atoms with Crippen molar-refractivity contribution in [3.8, 4) is 45.3 Å². The van der Waals surface area contributed by atoms with Gasteiger partial charge in [0.2, 0.25) is 0 Å². The van der Waals surface area contributed by atoms with E-state index < -0.39 is 0 Å². The number of nitrogens with zero attached hydrogens (tertiary/aromatic N) is 3. The summed E-state index contributed by atoms with van der Waals surface area (Å²) in [5.41, 5.74) is 5.20. The number of hydrogen-bond donors (Lipinski definition) is 0.